The van der Waals surface area contributed by atoms with E-state index in [1.165, 1.54) is 0 Å². The van der Waals surface area contributed by atoms with Gasteiger partial charge in [0.05, 0.1) is 18.8 Å². The number of esters is 1. The number of allylic oxidation sites excluding steroid dienone is 1. The summed E-state index contributed by atoms with van der Waals surface area (Å²) in [5.41, 5.74) is -3.30. The van der Waals surface area contributed by atoms with Gasteiger partial charge >= 0.3 is 5.97 Å². The lowest BCUT2D eigenvalue weighted by atomic mass is 9.60. The van der Waals surface area contributed by atoms with E-state index < -0.39 is 51.7 Å². The largest absolute Gasteiger partial charge is 0.455 e. The van der Waals surface area contributed by atoms with Crippen LogP contribution < -0.4 is 0 Å². The van der Waals surface area contributed by atoms with Crippen LogP contribution in [0.2, 0.25) is 0 Å². The quantitative estimate of drug-likeness (QED) is 0.278. The Kier molecular flexibility index (Phi) is 6.73. The van der Waals surface area contributed by atoms with Gasteiger partial charge in [0, 0.05) is 41.8 Å². The molecule has 7 nitrogen and oxygen atoms in total. The molecule has 0 aromatic heterocycles. The molecule has 200 valence electrons. The van der Waals surface area contributed by atoms with Gasteiger partial charge in [-0.2, -0.15) is 0 Å². The van der Waals surface area contributed by atoms with Crippen molar-refractivity contribution in [2.75, 3.05) is 19.8 Å². The Hall–Kier alpha value is -1.80. The molecular formula is C29H42O7. The molecule has 7 heteroatoms. The average Bonchev–Trinajstić information content (AvgIpc) is 3.25. The molecule has 0 aromatic rings. The highest BCUT2D eigenvalue weighted by atomic mass is 16.6. The summed E-state index contributed by atoms with van der Waals surface area (Å²) in [5.74, 6) is -2.56. The highest BCUT2D eigenvalue weighted by Gasteiger charge is 2.85. The lowest BCUT2D eigenvalue weighted by Crippen LogP contribution is -2.61. The van der Waals surface area contributed by atoms with Crippen LogP contribution in [-0.4, -0.2) is 63.7 Å². The normalized spacial score (nSPS) is 43.8. The van der Waals surface area contributed by atoms with Crippen molar-refractivity contribution >= 4 is 11.8 Å². The van der Waals surface area contributed by atoms with Gasteiger partial charge in [-0.1, -0.05) is 45.9 Å². The Morgan fingerprint density at radius 2 is 1.94 bits per heavy atom. The van der Waals surface area contributed by atoms with Crippen LogP contribution in [0, 0.1) is 35.0 Å². The Morgan fingerprint density at radius 3 is 2.53 bits per heavy atom. The van der Waals surface area contributed by atoms with Crippen LogP contribution >= 0.6 is 0 Å². The lowest BCUT2D eigenvalue weighted by Gasteiger charge is -2.50. The fourth-order valence-electron chi connectivity index (χ4n) is 7.49. The van der Waals surface area contributed by atoms with Crippen molar-refractivity contribution in [2.45, 2.75) is 78.1 Å². The summed E-state index contributed by atoms with van der Waals surface area (Å²) in [7, 11) is 0. The molecule has 36 heavy (non-hydrogen) atoms. The van der Waals surface area contributed by atoms with E-state index in [1.54, 1.807) is 32.9 Å². The molecule has 3 N–H and O–H groups in total. The van der Waals surface area contributed by atoms with Gasteiger partial charge in [0.2, 0.25) is 0 Å². The van der Waals surface area contributed by atoms with Crippen LogP contribution in [0.3, 0.4) is 0 Å². The minimum atomic E-state index is -1.81. The van der Waals surface area contributed by atoms with Gasteiger partial charge in [-0.3, -0.25) is 4.79 Å². The summed E-state index contributed by atoms with van der Waals surface area (Å²) in [6.07, 6.45) is 5.61. The maximum Gasteiger partial charge on any atom is 0.333 e. The Balaban J connectivity index is 1.84. The van der Waals surface area contributed by atoms with Crippen molar-refractivity contribution in [3.05, 3.63) is 34.9 Å². The zero-order valence-electron chi connectivity index (χ0n) is 22.6. The molecule has 0 radical (unpaired) electrons. The number of carbonyl (C=O) groups excluding carboxylic acids is 2. The van der Waals surface area contributed by atoms with E-state index in [2.05, 4.69) is 13.8 Å². The van der Waals surface area contributed by atoms with Crippen molar-refractivity contribution in [2.24, 2.45) is 35.0 Å². The molecule has 4 aliphatic carbocycles. The number of hydrogen-bond donors (Lipinski definition) is 3. The third kappa shape index (κ3) is 3.61. The van der Waals surface area contributed by atoms with E-state index in [4.69, 9.17) is 9.47 Å². The monoisotopic (exact) mass is 502 g/mol. The number of aliphatic hydroxyl groups excluding tert-OH is 1. The average molecular weight is 503 g/mol. The van der Waals surface area contributed by atoms with E-state index in [0.29, 0.717) is 42.3 Å². The van der Waals surface area contributed by atoms with Crippen LogP contribution in [0.5, 0.6) is 0 Å². The number of ether oxygens (including phenoxy) is 2. The molecule has 2 fully saturated rings. The smallest absolute Gasteiger partial charge is 0.333 e. The molecule has 0 heterocycles. The standard InChI is InChI=1S/C29H42O7/c1-8-17(4)25(32)36-28-11-19(6)29(34)21(23(28)26(28,7)15-35-14-16(2)3)10-20(13-30)12-27(33)22(29)9-18(5)24(27)31/h8-10,16,19,21-23,30,33-34H,11-15H2,1-7H3/b17-8+/t19-,21+,22-,23-,26-,27+,28+,29-/m1/s1. The third-order valence-corrected chi connectivity index (χ3v) is 9.54. The maximum absolute atomic E-state index is 13.1. The first-order valence-electron chi connectivity index (χ1n) is 13.1. The molecule has 0 unspecified atom stereocenters. The summed E-state index contributed by atoms with van der Waals surface area (Å²) in [4.78, 5) is 26.2. The first kappa shape index (κ1) is 27.2. The molecule has 0 aromatic carbocycles. The molecule has 0 bridgehead atoms. The Bertz CT molecular complexity index is 1040. The predicted molar refractivity (Wildman–Crippen MR) is 135 cm³/mol. The second-order valence-electron chi connectivity index (χ2n) is 12.3. The molecular weight excluding hydrogens is 460 g/mol. The molecule has 0 amide bonds. The molecule has 2 saturated carbocycles. The van der Waals surface area contributed by atoms with Gasteiger partial charge in [0.25, 0.3) is 0 Å². The van der Waals surface area contributed by atoms with Crippen molar-refractivity contribution < 1.29 is 34.4 Å². The number of fused-ring (bicyclic) bond motifs is 5. The second kappa shape index (κ2) is 8.90. The van der Waals surface area contributed by atoms with Crippen LogP contribution in [0.1, 0.15) is 61.3 Å². The summed E-state index contributed by atoms with van der Waals surface area (Å²) in [6.45, 7) is 13.8. The fraction of sp³-hybridized carbons (Fsp3) is 0.724. The Morgan fingerprint density at radius 1 is 1.28 bits per heavy atom. The van der Waals surface area contributed by atoms with Crippen LogP contribution in [0.15, 0.2) is 34.9 Å². The zero-order chi connectivity index (χ0) is 26.8. The molecule has 4 rings (SSSR count). The van der Waals surface area contributed by atoms with Crippen molar-refractivity contribution in [3.8, 4) is 0 Å². The predicted octanol–water partition coefficient (Wildman–Crippen LogP) is 3.13. The van der Waals surface area contributed by atoms with Crippen LogP contribution in [0.4, 0.5) is 0 Å². The van der Waals surface area contributed by atoms with E-state index >= 15 is 0 Å². The van der Waals surface area contributed by atoms with Gasteiger partial charge in [-0.05, 0) is 50.2 Å². The van der Waals surface area contributed by atoms with Crippen molar-refractivity contribution in [1.29, 1.82) is 0 Å². The van der Waals surface area contributed by atoms with E-state index in [-0.39, 0.29) is 18.9 Å². The number of rotatable bonds is 7. The Labute approximate surface area is 214 Å². The van der Waals surface area contributed by atoms with E-state index in [0.717, 1.165) is 0 Å². The molecule has 0 spiro atoms. The fourth-order valence-corrected chi connectivity index (χ4v) is 7.49. The van der Waals surface area contributed by atoms with Crippen molar-refractivity contribution in [1.82, 2.24) is 0 Å². The lowest BCUT2D eigenvalue weighted by molar-refractivity contribution is -0.185. The number of hydrogen-bond acceptors (Lipinski definition) is 7. The highest BCUT2D eigenvalue weighted by molar-refractivity contribution is 6.04. The summed E-state index contributed by atoms with van der Waals surface area (Å²) in [6, 6.07) is 0. The summed E-state index contributed by atoms with van der Waals surface area (Å²) >= 11 is 0. The SMILES string of the molecule is C/C=C(\C)C(=O)O[C@@]12C[C@@H](C)[C@@]3(O)[C@@H](C=C(CO)C[C@@]4(O)C(=O)C(C)=C[C@@H]34)[C@@H]1[C@@]2(C)COCC(C)C. The number of Topliss-reactive ketones (excluding diaryl/α,β-unsaturated/α-hetero) is 1. The van der Waals surface area contributed by atoms with Crippen LogP contribution in [-0.2, 0) is 19.1 Å². The van der Waals surface area contributed by atoms with Gasteiger partial charge in [-0.15, -0.1) is 0 Å². The topological polar surface area (TPSA) is 113 Å². The highest BCUT2D eigenvalue weighted by Crippen LogP contribution is 2.76. The van der Waals surface area contributed by atoms with Crippen molar-refractivity contribution in [3.63, 3.8) is 0 Å². The first-order chi connectivity index (χ1) is 16.7. The van der Waals surface area contributed by atoms with Gasteiger partial charge in [0.1, 0.15) is 11.2 Å². The summed E-state index contributed by atoms with van der Waals surface area (Å²) in [5, 5.41) is 34.3. The first-order valence-corrected chi connectivity index (χ1v) is 13.1. The van der Waals surface area contributed by atoms with E-state index in [9.17, 15) is 24.9 Å². The number of carbonyl (C=O) groups is 2. The zero-order valence-corrected chi connectivity index (χ0v) is 22.6. The third-order valence-electron chi connectivity index (χ3n) is 9.54. The molecule has 0 aliphatic heterocycles. The van der Waals surface area contributed by atoms with Gasteiger partial charge < -0.3 is 24.8 Å². The van der Waals surface area contributed by atoms with E-state index in [1.807, 2.05) is 19.9 Å². The second-order valence-corrected chi connectivity index (χ2v) is 12.3. The molecule has 4 aliphatic rings. The molecule has 8 atom stereocenters. The number of ketones is 1. The number of aliphatic hydroxyl groups is 3. The summed E-state index contributed by atoms with van der Waals surface area (Å²) < 4.78 is 12.4. The minimum absolute atomic E-state index is 0.0376. The van der Waals surface area contributed by atoms with Crippen LogP contribution in [0.25, 0.3) is 0 Å². The van der Waals surface area contributed by atoms with Gasteiger partial charge in [-0.25, -0.2) is 4.79 Å². The maximum atomic E-state index is 13.1. The molecule has 0 saturated heterocycles. The minimum Gasteiger partial charge on any atom is -0.455 e. The van der Waals surface area contributed by atoms with Gasteiger partial charge in [0.15, 0.2) is 5.78 Å².